The smallest absolute Gasteiger partial charge is 0.130 e. The van der Waals surface area contributed by atoms with Crippen molar-refractivity contribution in [3.8, 4) is 22.5 Å². The molecule has 6 rings (SSSR count). The fourth-order valence-corrected chi connectivity index (χ4v) is 5.83. The number of nitrogens with two attached hydrogens (primary N) is 1. The first kappa shape index (κ1) is 22.4. The Balaban J connectivity index is 1.14. The summed E-state index contributed by atoms with van der Waals surface area (Å²) in [5, 5.41) is 3.39. The highest BCUT2D eigenvalue weighted by Gasteiger charge is 2.26. The lowest BCUT2D eigenvalue weighted by Gasteiger charge is -2.38. The molecule has 5 heterocycles. The van der Waals surface area contributed by atoms with E-state index in [4.69, 9.17) is 10.7 Å². The van der Waals surface area contributed by atoms with Crippen LogP contribution in [0.2, 0.25) is 0 Å². The number of H-pyrrole nitrogens is 1. The molecule has 8 heteroatoms. The summed E-state index contributed by atoms with van der Waals surface area (Å²) in [5.41, 5.74) is 11.2. The molecule has 0 aromatic carbocycles. The Morgan fingerprint density at radius 3 is 2.37 bits per heavy atom. The SMILES string of the molecule is Nc1cc(-c2ccnc(-c3ccc(N4CCN(C5CCCC5)CC4)nc3)c2)[nH]c1N1CCNCC1. The van der Waals surface area contributed by atoms with E-state index >= 15 is 0 Å². The molecule has 0 radical (unpaired) electrons. The normalized spacial score (nSPS) is 20.0. The van der Waals surface area contributed by atoms with E-state index in [1.807, 2.05) is 24.5 Å². The fourth-order valence-electron chi connectivity index (χ4n) is 5.83. The summed E-state index contributed by atoms with van der Waals surface area (Å²) in [5.74, 6) is 2.08. The molecule has 184 valence electrons. The van der Waals surface area contributed by atoms with E-state index in [1.54, 1.807) is 0 Å². The van der Waals surface area contributed by atoms with Crippen LogP contribution in [0, 0.1) is 0 Å². The molecule has 2 aliphatic heterocycles. The van der Waals surface area contributed by atoms with Gasteiger partial charge in [0.05, 0.1) is 11.4 Å². The van der Waals surface area contributed by atoms with Crippen molar-refractivity contribution < 1.29 is 0 Å². The first-order chi connectivity index (χ1) is 17.2. The summed E-state index contributed by atoms with van der Waals surface area (Å²) in [4.78, 5) is 20.4. The summed E-state index contributed by atoms with van der Waals surface area (Å²) < 4.78 is 0. The van der Waals surface area contributed by atoms with Gasteiger partial charge in [0.25, 0.3) is 0 Å². The van der Waals surface area contributed by atoms with E-state index in [2.05, 4.69) is 48.2 Å². The molecule has 35 heavy (non-hydrogen) atoms. The molecule has 3 aliphatic rings. The van der Waals surface area contributed by atoms with Gasteiger partial charge in [0.1, 0.15) is 11.6 Å². The average Bonchev–Trinajstić information content (AvgIpc) is 3.60. The van der Waals surface area contributed by atoms with Crippen molar-refractivity contribution in [2.45, 2.75) is 31.7 Å². The highest BCUT2D eigenvalue weighted by molar-refractivity contribution is 5.77. The van der Waals surface area contributed by atoms with Crippen LogP contribution in [0.3, 0.4) is 0 Å². The third-order valence-corrected chi connectivity index (χ3v) is 7.85. The van der Waals surface area contributed by atoms with E-state index in [0.29, 0.717) is 0 Å². The number of nitrogens with zero attached hydrogens (tertiary/aromatic N) is 5. The van der Waals surface area contributed by atoms with Crippen molar-refractivity contribution in [2.75, 3.05) is 67.9 Å². The number of nitrogens with one attached hydrogen (secondary N) is 2. The molecule has 0 amide bonds. The standard InChI is InChI=1S/C27H36N8/c28-23-18-25(32-27(23)35-11-9-29-10-12-35)20-7-8-30-24(17-20)21-5-6-26(31-19-21)34-15-13-33(14-16-34)22-3-1-2-4-22/h5-8,17-19,22,29,32H,1-4,9-16,28H2. The third-order valence-electron chi connectivity index (χ3n) is 7.85. The van der Waals surface area contributed by atoms with Crippen LogP contribution in [0.1, 0.15) is 25.7 Å². The van der Waals surface area contributed by atoms with Crippen LogP contribution in [0.5, 0.6) is 0 Å². The Hall–Kier alpha value is -3.10. The van der Waals surface area contributed by atoms with Crippen molar-refractivity contribution in [1.29, 1.82) is 0 Å². The number of aromatic nitrogens is 3. The van der Waals surface area contributed by atoms with Gasteiger partial charge in [-0.2, -0.15) is 0 Å². The van der Waals surface area contributed by atoms with Crippen molar-refractivity contribution in [1.82, 2.24) is 25.2 Å². The van der Waals surface area contributed by atoms with Crippen molar-refractivity contribution >= 4 is 17.3 Å². The van der Waals surface area contributed by atoms with Gasteiger partial charge < -0.3 is 25.8 Å². The quantitative estimate of drug-likeness (QED) is 0.525. The second kappa shape index (κ2) is 9.87. The van der Waals surface area contributed by atoms with Crippen molar-refractivity contribution in [3.05, 3.63) is 42.7 Å². The lowest BCUT2D eigenvalue weighted by atomic mass is 10.1. The number of aromatic amines is 1. The van der Waals surface area contributed by atoms with Gasteiger partial charge in [-0.1, -0.05) is 12.8 Å². The van der Waals surface area contributed by atoms with Gasteiger partial charge in [-0.05, 0) is 43.2 Å². The van der Waals surface area contributed by atoms with Gasteiger partial charge in [0.15, 0.2) is 0 Å². The van der Waals surface area contributed by atoms with E-state index in [0.717, 1.165) is 98.2 Å². The lowest BCUT2D eigenvalue weighted by Crippen LogP contribution is -2.49. The topological polar surface area (TPSA) is 89.3 Å². The molecular weight excluding hydrogens is 436 g/mol. The number of pyridine rings is 2. The van der Waals surface area contributed by atoms with Crippen LogP contribution < -0.4 is 20.9 Å². The van der Waals surface area contributed by atoms with Crippen LogP contribution in [-0.2, 0) is 0 Å². The van der Waals surface area contributed by atoms with Crippen molar-refractivity contribution in [3.63, 3.8) is 0 Å². The minimum atomic E-state index is 0.791. The molecule has 3 fully saturated rings. The zero-order chi connectivity index (χ0) is 23.6. The van der Waals surface area contributed by atoms with Gasteiger partial charge in [-0.15, -0.1) is 0 Å². The molecule has 0 bridgehead atoms. The lowest BCUT2D eigenvalue weighted by molar-refractivity contribution is 0.187. The third kappa shape index (κ3) is 4.73. The maximum absolute atomic E-state index is 6.36. The van der Waals surface area contributed by atoms with Gasteiger partial charge in [-0.3, -0.25) is 9.88 Å². The van der Waals surface area contributed by atoms with Gasteiger partial charge in [-0.25, -0.2) is 4.98 Å². The number of hydrogen-bond acceptors (Lipinski definition) is 7. The van der Waals surface area contributed by atoms with Gasteiger partial charge in [0, 0.05) is 87.6 Å². The van der Waals surface area contributed by atoms with Crippen LogP contribution in [-0.4, -0.2) is 78.3 Å². The Kier molecular flexibility index (Phi) is 6.31. The molecule has 0 unspecified atom stereocenters. The van der Waals surface area contributed by atoms with Gasteiger partial charge >= 0.3 is 0 Å². The molecule has 3 aromatic rings. The Labute approximate surface area is 207 Å². The molecule has 0 spiro atoms. The molecule has 1 aliphatic carbocycles. The number of piperazine rings is 2. The largest absolute Gasteiger partial charge is 0.396 e. The van der Waals surface area contributed by atoms with E-state index in [-0.39, 0.29) is 0 Å². The van der Waals surface area contributed by atoms with Gasteiger partial charge in [0.2, 0.25) is 0 Å². The van der Waals surface area contributed by atoms with E-state index in [1.165, 1.54) is 25.7 Å². The molecule has 2 saturated heterocycles. The molecular formula is C27H36N8. The number of hydrogen-bond donors (Lipinski definition) is 3. The number of anilines is 3. The second-order valence-corrected chi connectivity index (χ2v) is 10.0. The predicted molar refractivity (Wildman–Crippen MR) is 143 cm³/mol. The zero-order valence-electron chi connectivity index (χ0n) is 20.4. The zero-order valence-corrected chi connectivity index (χ0v) is 20.4. The maximum atomic E-state index is 6.36. The van der Waals surface area contributed by atoms with Crippen LogP contribution >= 0.6 is 0 Å². The summed E-state index contributed by atoms with van der Waals surface area (Å²) >= 11 is 0. The van der Waals surface area contributed by atoms with Crippen molar-refractivity contribution in [2.24, 2.45) is 0 Å². The highest BCUT2D eigenvalue weighted by Crippen LogP contribution is 2.31. The summed E-state index contributed by atoms with van der Waals surface area (Å²) in [7, 11) is 0. The second-order valence-electron chi connectivity index (χ2n) is 10.0. The number of rotatable bonds is 5. The minimum Gasteiger partial charge on any atom is -0.396 e. The molecule has 4 N–H and O–H groups in total. The fraction of sp³-hybridized carbons (Fsp3) is 0.481. The average molecular weight is 473 g/mol. The van der Waals surface area contributed by atoms with Crippen LogP contribution in [0.15, 0.2) is 42.7 Å². The Bertz CT molecular complexity index is 1120. The minimum absolute atomic E-state index is 0.791. The maximum Gasteiger partial charge on any atom is 0.130 e. The van der Waals surface area contributed by atoms with Crippen LogP contribution in [0.25, 0.3) is 22.5 Å². The van der Waals surface area contributed by atoms with E-state index < -0.39 is 0 Å². The first-order valence-corrected chi connectivity index (χ1v) is 13.1. The van der Waals surface area contributed by atoms with Crippen LogP contribution in [0.4, 0.5) is 17.3 Å². The highest BCUT2D eigenvalue weighted by atomic mass is 15.3. The Morgan fingerprint density at radius 2 is 1.63 bits per heavy atom. The molecule has 0 atom stereocenters. The van der Waals surface area contributed by atoms with E-state index in [9.17, 15) is 0 Å². The summed E-state index contributed by atoms with van der Waals surface area (Å²) in [6.45, 7) is 8.28. The Morgan fingerprint density at radius 1 is 0.829 bits per heavy atom. The summed E-state index contributed by atoms with van der Waals surface area (Å²) in [6, 6.07) is 11.3. The molecule has 3 aromatic heterocycles. The summed E-state index contributed by atoms with van der Waals surface area (Å²) in [6.07, 6.45) is 9.38. The predicted octanol–water partition coefficient (Wildman–Crippen LogP) is 3.20. The number of nitrogen functional groups attached to an aromatic ring is 1. The monoisotopic (exact) mass is 472 g/mol. The first-order valence-electron chi connectivity index (χ1n) is 13.1. The molecule has 8 nitrogen and oxygen atoms in total. The molecule has 1 saturated carbocycles.